The number of hydrogen-bond donors (Lipinski definition) is 0. The number of hydrogen-bond acceptors (Lipinski definition) is 2. The van der Waals surface area contributed by atoms with Gasteiger partial charge in [0.15, 0.2) is 0 Å². The number of halogens is 3. The van der Waals surface area contributed by atoms with Crippen LogP contribution < -0.4 is 4.31 Å². The average Bonchev–Trinajstić information content (AvgIpc) is 2.42. The van der Waals surface area contributed by atoms with Crippen molar-refractivity contribution in [3.8, 4) is 0 Å². The van der Waals surface area contributed by atoms with Crippen LogP contribution in [0.2, 0.25) is 10.0 Å². The van der Waals surface area contributed by atoms with Gasteiger partial charge in [-0.2, -0.15) is 0 Å². The van der Waals surface area contributed by atoms with Crippen LogP contribution in [-0.4, -0.2) is 15.0 Å². The van der Waals surface area contributed by atoms with Crippen LogP contribution in [0, 0.1) is 0 Å². The Balaban J connectivity index is 2.57. The number of sulfonamides is 1. The summed E-state index contributed by atoms with van der Waals surface area (Å²) in [4.78, 5) is -0.00140. The van der Waals surface area contributed by atoms with Gasteiger partial charge in [-0.3, -0.25) is 4.31 Å². The van der Waals surface area contributed by atoms with Gasteiger partial charge in [-0.15, -0.1) is 0 Å². The second-order valence-electron chi connectivity index (χ2n) is 4.22. The van der Waals surface area contributed by atoms with Crippen molar-refractivity contribution in [1.29, 1.82) is 0 Å². The Bertz CT molecular complexity index is 765. The molecule has 0 unspecified atom stereocenters. The lowest BCUT2D eigenvalue weighted by atomic mass is 10.3. The van der Waals surface area contributed by atoms with Crippen LogP contribution in [0.3, 0.4) is 0 Å². The molecule has 7 heteroatoms. The van der Waals surface area contributed by atoms with Crippen molar-refractivity contribution in [1.82, 2.24) is 0 Å². The summed E-state index contributed by atoms with van der Waals surface area (Å²) in [6.45, 7) is 2.04. The molecule has 0 aliphatic rings. The van der Waals surface area contributed by atoms with Gasteiger partial charge in [0.05, 0.1) is 10.7 Å². The summed E-state index contributed by atoms with van der Waals surface area (Å²) in [6, 6.07) is 11.5. The summed E-state index contributed by atoms with van der Waals surface area (Å²) >= 11 is 15.3. The Hall–Kier alpha value is -0.750. The molecule has 0 spiro atoms. The number of nitrogens with zero attached hydrogens (tertiary/aromatic N) is 1. The van der Waals surface area contributed by atoms with E-state index < -0.39 is 10.0 Å². The second kappa shape index (κ2) is 6.57. The van der Waals surface area contributed by atoms with Crippen LogP contribution >= 0.6 is 39.1 Å². The summed E-state index contributed by atoms with van der Waals surface area (Å²) in [5.41, 5.74) is 0.558. The molecule has 112 valence electrons. The molecule has 0 bridgehead atoms. The molecule has 0 aromatic heterocycles. The molecule has 2 aromatic carbocycles. The van der Waals surface area contributed by atoms with Crippen LogP contribution in [0.4, 0.5) is 5.69 Å². The van der Waals surface area contributed by atoms with Crippen molar-refractivity contribution in [2.24, 2.45) is 0 Å². The third-order valence-electron chi connectivity index (χ3n) is 2.84. The van der Waals surface area contributed by atoms with Gasteiger partial charge in [0.25, 0.3) is 10.0 Å². The lowest BCUT2D eigenvalue weighted by molar-refractivity contribution is 0.592. The number of benzene rings is 2. The van der Waals surface area contributed by atoms with Crippen LogP contribution in [-0.2, 0) is 10.0 Å². The fourth-order valence-electron chi connectivity index (χ4n) is 1.92. The van der Waals surface area contributed by atoms with Crippen molar-refractivity contribution < 1.29 is 8.42 Å². The van der Waals surface area contributed by atoms with Gasteiger partial charge in [0.1, 0.15) is 4.90 Å². The molecule has 2 aromatic rings. The molecule has 21 heavy (non-hydrogen) atoms. The zero-order chi connectivity index (χ0) is 15.6. The molecule has 0 saturated heterocycles. The van der Waals surface area contributed by atoms with Gasteiger partial charge in [-0.25, -0.2) is 8.42 Å². The minimum Gasteiger partial charge on any atom is -0.267 e. The SMILES string of the molecule is CCN(c1cccc(Br)c1)S(=O)(=O)c1cc(Cl)ccc1Cl. The molecule has 0 N–H and O–H groups in total. The maximum atomic E-state index is 12.8. The second-order valence-corrected chi connectivity index (χ2v) is 7.81. The highest BCUT2D eigenvalue weighted by Crippen LogP contribution is 2.31. The van der Waals surface area contributed by atoms with E-state index in [2.05, 4.69) is 15.9 Å². The van der Waals surface area contributed by atoms with Gasteiger partial charge < -0.3 is 0 Å². The van der Waals surface area contributed by atoms with E-state index in [0.717, 1.165) is 4.47 Å². The zero-order valence-electron chi connectivity index (χ0n) is 11.1. The van der Waals surface area contributed by atoms with Gasteiger partial charge >= 0.3 is 0 Å². The molecule has 0 radical (unpaired) electrons. The van der Waals surface area contributed by atoms with Gasteiger partial charge in [-0.1, -0.05) is 45.2 Å². The summed E-state index contributed by atoms with van der Waals surface area (Å²) < 4.78 is 27.7. The van der Waals surface area contributed by atoms with Crippen LogP contribution in [0.25, 0.3) is 0 Å². The Morgan fingerprint density at radius 3 is 2.48 bits per heavy atom. The van der Waals surface area contributed by atoms with E-state index in [1.165, 1.54) is 16.4 Å². The number of anilines is 1. The highest BCUT2D eigenvalue weighted by Gasteiger charge is 2.26. The van der Waals surface area contributed by atoms with E-state index >= 15 is 0 Å². The lowest BCUT2D eigenvalue weighted by Crippen LogP contribution is -2.31. The minimum absolute atomic E-state index is 0.00140. The van der Waals surface area contributed by atoms with E-state index in [-0.39, 0.29) is 16.5 Å². The molecule has 0 amide bonds. The standard InChI is InChI=1S/C14H12BrCl2NO2S/c1-2-18(12-5-3-4-10(15)8-12)21(19,20)14-9-11(16)6-7-13(14)17/h3-9H,2H2,1H3. The zero-order valence-corrected chi connectivity index (χ0v) is 15.0. The van der Waals surface area contributed by atoms with E-state index in [4.69, 9.17) is 23.2 Å². The summed E-state index contributed by atoms with van der Waals surface area (Å²) in [7, 11) is -3.78. The molecular weight excluding hydrogens is 397 g/mol. The first kappa shape index (κ1) is 16.6. The largest absolute Gasteiger partial charge is 0.267 e. The quantitative estimate of drug-likeness (QED) is 0.715. The molecule has 0 heterocycles. The predicted octanol–water partition coefficient (Wildman–Crippen LogP) is 4.97. The van der Waals surface area contributed by atoms with E-state index in [9.17, 15) is 8.42 Å². The third-order valence-corrected chi connectivity index (χ3v) is 5.96. The normalized spacial score (nSPS) is 11.4. The Morgan fingerprint density at radius 1 is 1.14 bits per heavy atom. The molecule has 0 aliphatic heterocycles. The van der Waals surface area contributed by atoms with Crippen LogP contribution in [0.15, 0.2) is 51.8 Å². The van der Waals surface area contributed by atoms with Crippen molar-refractivity contribution >= 4 is 54.8 Å². The monoisotopic (exact) mass is 407 g/mol. The highest BCUT2D eigenvalue weighted by molar-refractivity contribution is 9.10. The van der Waals surface area contributed by atoms with Crippen molar-refractivity contribution in [2.75, 3.05) is 10.8 Å². The minimum atomic E-state index is -3.78. The number of rotatable bonds is 4. The van der Waals surface area contributed by atoms with Crippen molar-refractivity contribution in [3.63, 3.8) is 0 Å². The van der Waals surface area contributed by atoms with Crippen molar-refractivity contribution in [3.05, 3.63) is 57.0 Å². The van der Waals surface area contributed by atoms with E-state index in [1.54, 1.807) is 31.2 Å². The first-order chi connectivity index (χ1) is 9.86. The first-order valence-electron chi connectivity index (χ1n) is 6.09. The fraction of sp³-hybridized carbons (Fsp3) is 0.143. The van der Waals surface area contributed by atoms with Gasteiger partial charge in [0.2, 0.25) is 0 Å². The molecule has 0 aliphatic carbocycles. The Morgan fingerprint density at radius 2 is 1.86 bits per heavy atom. The molecule has 2 rings (SSSR count). The predicted molar refractivity (Wildman–Crippen MR) is 90.8 cm³/mol. The Kier molecular flexibility index (Phi) is 5.20. The van der Waals surface area contributed by atoms with Gasteiger partial charge in [0, 0.05) is 16.0 Å². The van der Waals surface area contributed by atoms with Crippen LogP contribution in [0.1, 0.15) is 6.92 Å². The lowest BCUT2D eigenvalue weighted by Gasteiger charge is -2.23. The summed E-state index contributed by atoms with van der Waals surface area (Å²) in [5.74, 6) is 0. The molecular formula is C14H12BrCl2NO2S. The summed E-state index contributed by atoms with van der Waals surface area (Å²) in [6.07, 6.45) is 0. The molecule has 0 atom stereocenters. The van der Waals surface area contributed by atoms with E-state index in [1.807, 2.05) is 6.07 Å². The van der Waals surface area contributed by atoms with Crippen LogP contribution in [0.5, 0.6) is 0 Å². The first-order valence-corrected chi connectivity index (χ1v) is 9.08. The maximum absolute atomic E-state index is 12.8. The topological polar surface area (TPSA) is 37.4 Å². The molecule has 3 nitrogen and oxygen atoms in total. The van der Waals surface area contributed by atoms with Gasteiger partial charge in [-0.05, 0) is 43.3 Å². The average molecular weight is 409 g/mol. The fourth-order valence-corrected chi connectivity index (χ4v) is 4.51. The van der Waals surface area contributed by atoms with E-state index in [0.29, 0.717) is 10.7 Å². The molecule has 0 saturated carbocycles. The molecule has 0 fully saturated rings. The maximum Gasteiger partial charge on any atom is 0.265 e. The summed E-state index contributed by atoms with van der Waals surface area (Å²) in [5, 5.41) is 0.469. The Labute approximate surface area is 142 Å². The third kappa shape index (κ3) is 3.54. The smallest absolute Gasteiger partial charge is 0.265 e. The van der Waals surface area contributed by atoms with Crippen molar-refractivity contribution in [2.45, 2.75) is 11.8 Å². The highest BCUT2D eigenvalue weighted by atomic mass is 79.9.